The molecule has 0 unspecified atom stereocenters. The van der Waals surface area contributed by atoms with Crippen LogP contribution in [0.25, 0.3) is 0 Å². The zero-order chi connectivity index (χ0) is 5.70. The van der Waals surface area contributed by atoms with Crippen LogP contribution in [0.3, 0.4) is 0 Å². The smallest absolute Gasteiger partial charge is 0.550 e. The molecule has 0 heterocycles. The summed E-state index contributed by atoms with van der Waals surface area (Å²) in [6, 6.07) is 0. The quantitative estimate of drug-likeness (QED) is 0.386. The van der Waals surface area contributed by atoms with Crippen LogP contribution in [0.1, 0.15) is 6.42 Å². The molecule has 0 aliphatic carbocycles. The SMILES string of the molecule is CNCCC(=O)[O-].[Na+]. The van der Waals surface area contributed by atoms with Gasteiger partial charge < -0.3 is 15.2 Å². The molecule has 0 bridgehead atoms. The summed E-state index contributed by atoms with van der Waals surface area (Å²) in [6.45, 7) is 0.488. The van der Waals surface area contributed by atoms with E-state index in [-0.39, 0.29) is 36.0 Å². The number of aliphatic carboxylic acids is 1. The summed E-state index contributed by atoms with van der Waals surface area (Å²) in [7, 11) is 1.70. The molecule has 0 atom stereocenters. The fourth-order valence-electron chi connectivity index (χ4n) is 0.227. The van der Waals surface area contributed by atoms with Crippen LogP contribution in [0.4, 0.5) is 0 Å². The van der Waals surface area contributed by atoms with E-state index in [4.69, 9.17) is 0 Å². The Balaban J connectivity index is 0. The third kappa shape index (κ3) is 9.66. The Labute approximate surface area is 70.8 Å². The number of hydrogen-bond acceptors (Lipinski definition) is 3. The van der Waals surface area contributed by atoms with Gasteiger partial charge in [-0.1, -0.05) is 0 Å². The van der Waals surface area contributed by atoms with Crippen LogP contribution in [0.15, 0.2) is 0 Å². The van der Waals surface area contributed by atoms with Gasteiger partial charge >= 0.3 is 29.6 Å². The molecular formula is C4H8NNaO2. The van der Waals surface area contributed by atoms with E-state index in [1.807, 2.05) is 0 Å². The Kier molecular flexibility index (Phi) is 10.5. The molecule has 0 aliphatic rings. The Morgan fingerprint density at radius 2 is 2.25 bits per heavy atom. The van der Waals surface area contributed by atoms with E-state index in [9.17, 15) is 9.90 Å². The van der Waals surface area contributed by atoms with E-state index in [1.54, 1.807) is 7.05 Å². The van der Waals surface area contributed by atoms with Crippen LogP contribution in [0.5, 0.6) is 0 Å². The molecule has 1 N–H and O–H groups in total. The minimum absolute atomic E-state index is 0. The first-order valence-corrected chi connectivity index (χ1v) is 2.12. The maximum atomic E-state index is 9.61. The zero-order valence-corrected chi connectivity index (χ0v) is 7.23. The van der Waals surface area contributed by atoms with Crippen LogP contribution in [0, 0.1) is 0 Å². The van der Waals surface area contributed by atoms with Crippen molar-refractivity contribution in [2.24, 2.45) is 0 Å². The third-order valence-electron chi connectivity index (χ3n) is 0.579. The number of hydrogen-bond donors (Lipinski definition) is 1. The van der Waals surface area contributed by atoms with Crippen molar-refractivity contribution in [3.05, 3.63) is 0 Å². The van der Waals surface area contributed by atoms with Crippen molar-refractivity contribution >= 4 is 5.97 Å². The Hall–Kier alpha value is 0.430. The van der Waals surface area contributed by atoms with Gasteiger partial charge in [0, 0.05) is 12.5 Å². The van der Waals surface area contributed by atoms with Crippen molar-refractivity contribution in [3.8, 4) is 0 Å². The van der Waals surface area contributed by atoms with Crippen LogP contribution in [-0.4, -0.2) is 19.6 Å². The number of carboxylic acids is 1. The minimum Gasteiger partial charge on any atom is -0.550 e. The summed E-state index contributed by atoms with van der Waals surface area (Å²) in [5, 5.41) is 12.3. The number of carboxylic acid groups (broad SMARTS) is 1. The molecule has 8 heavy (non-hydrogen) atoms. The van der Waals surface area contributed by atoms with Crippen molar-refractivity contribution < 1.29 is 39.5 Å². The van der Waals surface area contributed by atoms with Gasteiger partial charge in [0.25, 0.3) is 0 Å². The largest absolute Gasteiger partial charge is 1.00 e. The van der Waals surface area contributed by atoms with E-state index >= 15 is 0 Å². The van der Waals surface area contributed by atoms with Gasteiger partial charge in [0.05, 0.1) is 0 Å². The molecular weight excluding hydrogens is 117 g/mol. The summed E-state index contributed by atoms with van der Waals surface area (Å²) in [4.78, 5) is 9.61. The minimum atomic E-state index is -1.01. The van der Waals surface area contributed by atoms with Gasteiger partial charge in [0.1, 0.15) is 0 Å². The zero-order valence-electron chi connectivity index (χ0n) is 5.23. The van der Waals surface area contributed by atoms with Gasteiger partial charge in [-0.2, -0.15) is 0 Å². The molecule has 0 saturated carbocycles. The van der Waals surface area contributed by atoms with Crippen molar-refractivity contribution in [2.75, 3.05) is 13.6 Å². The predicted octanol–water partition coefficient (Wildman–Crippen LogP) is -4.65. The van der Waals surface area contributed by atoms with Crippen LogP contribution < -0.4 is 40.0 Å². The van der Waals surface area contributed by atoms with Crippen molar-refractivity contribution in [1.29, 1.82) is 0 Å². The van der Waals surface area contributed by atoms with Crippen molar-refractivity contribution in [1.82, 2.24) is 5.32 Å². The molecule has 0 saturated heterocycles. The Morgan fingerprint density at radius 3 is 2.38 bits per heavy atom. The first-order chi connectivity index (χ1) is 3.27. The second kappa shape index (κ2) is 7.43. The van der Waals surface area contributed by atoms with E-state index in [0.717, 1.165) is 0 Å². The van der Waals surface area contributed by atoms with Gasteiger partial charge in [0.2, 0.25) is 0 Å². The second-order valence-electron chi connectivity index (χ2n) is 1.23. The Morgan fingerprint density at radius 1 is 1.75 bits per heavy atom. The molecule has 0 radical (unpaired) electrons. The average molecular weight is 125 g/mol. The van der Waals surface area contributed by atoms with Crippen LogP contribution in [0.2, 0.25) is 0 Å². The fraction of sp³-hybridized carbons (Fsp3) is 0.750. The van der Waals surface area contributed by atoms with Gasteiger partial charge in [-0.15, -0.1) is 0 Å². The van der Waals surface area contributed by atoms with Crippen LogP contribution >= 0.6 is 0 Å². The number of rotatable bonds is 3. The molecule has 0 amide bonds. The standard InChI is InChI=1S/C4H9NO2.Na/c1-5-3-2-4(6)7;/h5H,2-3H2,1H3,(H,6,7);/q;+1/p-1. The van der Waals surface area contributed by atoms with E-state index < -0.39 is 5.97 Å². The molecule has 0 aliphatic heterocycles. The van der Waals surface area contributed by atoms with Crippen molar-refractivity contribution in [3.63, 3.8) is 0 Å². The van der Waals surface area contributed by atoms with E-state index in [0.29, 0.717) is 6.54 Å². The predicted molar refractivity (Wildman–Crippen MR) is 23.6 cm³/mol. The molecule has 0 rings (SSSR count). The summed E-state index contributed by atoms with van der Waals surface area (Å²) in [5.74, 6) is -1.01. The molecule has 0 spiro atoms. The molecule has 0 fully saturated rings. The van der Waals surface area contributed by atoms with Gasteiger partial charge in [-0.05, 0) is 13.5 Å². The molecule has 0 aromatic heterocycles. The molecule has 4 heteroatoms. The molecule has 3 nitrogen and oxygen atoms in total. The third-order valence-corrected chi connectivity index (χ3v) is 0.579. The number of nitrogens with one attached hydrogen (secondary N) is 1. The topological polar surface area (TPSA) is 52.2 Å². The van der Waals surface area contributed by atoms with Gasteiger partial charge in [-0.25, -0.2) is 0 Å². The average Bonchev–Trinajstić information content (AvgIpc) is 1.61. The van der Waals surface area contributed by atoms with Crippen LogP contribution in [-0.2, 0) is 4.79 Å². The van der Waals surface area contributed by atoms with Gasteiger partial charge in [-0.3, -0.25) is 0 Å². The summed E-state index contributed by atoms with van der Waals surface area (Å²) >= 11 is 0. The molecule has 0 aromatic rings. The van der Waals surface area contributed by atoms with Crippen molar-refractivity contribution in [2.45, 2.75) is 6.42 Å². The summed E-state index contributed by atoms with van der Waals surface area (Å²) in [6.07, 6.45) is 0.0938. The monoisotopic (exact) mass is 125 g/mol. The summed E-state index contributed by atoms with van der Waals surface area (Å²) < 4.78 is 0. The van der Waals surface area contributed by atoms with E-state index in [2.05, 4.69) is 5.32 Å². The molecule has 0 aromatic carbocycles. The fourth-order valence-corrected chi connectivity index (χ4v) is 0.227. The van der Waals surface area contributed by atoms with E-state index in [1.165, 1.54) is 0 Å². The number of carbonyl (C=O) groups excluding carboxylic acids is 1. The van der Waals surface area contributed by atoms with Gasteiger partial charge in [0.15, 0.2) is 0 Å². The first-order valence-electron chi connectivity index (χ1n) is 2.12. The Bertz CT molecular complexity index is 67.1. The normalized spacial score (nSPS) is 7.62. The summed E-state index contributed by atoms with van der Waals surface area (Å²) in [5.41, 5.74) is 0. The molecule has 42 valence electrons. The first kappa shape index (κ1) is 11.3. The maximum Gasteiger partial charge on any atom is 1.00 e. The number of carbonyl (C=O) groups is 1. The maximum absolute atomic E-state index is 9.61. The second-order valence-corrected chi connectivity index (χ2v) is 1.23.